The maximum atomic E-state index is 12.1. The number of hydrogen-bond acceptors (Lipinski definition) is 3. The van der Waals surface area contributed by atoms with Crippen molar-refractivity contribution in [2.75, 3.05) is 12.4 Å². The maximum absolute atomic E-state index is 12.1. The van der Waals surface area contributed by atoms with Crippen molar-refractivity contribution in [3.8, 4) is 11.4 Å². The highest BCUT2D eigenvalue weighted by Gasteiger charge is 2.21. The van der Waals surface area contributed by atoms with E-state index < -0.39 is 0 Å². The van der Waals surface area contributed by atoms with Gasteiger partial charge < -0.3 is 5.32 Å². The summed E-state index contributed by atoms with van der Waals surface area (Å²) < 4.78 is 1.84. The zero-order valence-electron chi connectivity index (χ0n) is 11.7. The van der Waals surface area contributed by atoms with Crippen LogP contribution in [0, 0.1) is 0 Å². The molecule has 0 amide bonds. The van der Waals surface area contributed by atoms with Gasteiger partial charge in [-0.25, -0.2) is 9.89 Å². The van der Waals surface area contributed by atoms with Gasteiger partial charge in [-0.3, -0.25) is 4.57 Å². The molecule has 0 bridgehead atoms. The molecule has 1 aliphatic rings. The summed E-state index contributed by atoms with van der Waals surface area (Å²) in [5.41, 5.74) is 1.90. The molecule has 5 nitrogen and oxygen atoms in total. The van der Waals surface area contributed by atoms with E-state index in [1.807, 2.05) is 35.9 Å². The molecule has 2 aromatic rings. The van der Waals surface area contributed by atoms with E-state index in [-0.39, 0.29) is 11.7 Å². The summed E-state index contributed by atoms with van der Waals surface area (Å²) in [5, 5.41) is 9.96. The van der Waals surface area contributed by atoms with Crippen molar-refractivity contribution in [3.05, 3.63) is 34.7 Å². The number of H-pyrrole nitrogens is 1. The molecule has 1 aliphatic carbocycles. The topological polar surface area (TPSA) is 62.7 Å². The summed E-state index contributed by atoms with van der Waals surface area (Å²) in [4.78, 5) is 12.1. The third-order valence-corrected chi connectivity index (χ3v) is 4.05. The fourth-order valence-corrected chi connectivity index (χ4v) is 3.00. The van der Waals surface area contributed by atoms with Gasteiger partial charge in [0.1, 0.15) is 0 Å². The molecule has 1 fully saturated rings. The minimum absolute atomic E-state index is 0.0956. The van der Waals surface area contributed by atoms with Gasteiger partial charge >= 0.3 is 5.69 Å². The smallest absolute Gasteiger partial charge is 0.343 e. The molecule has 3 rings (SSSR count). The van der Waals surface area contributed by atoms with Crippen molar-refractivity contribution in [3.63, 3.8) is 0 Å². The Morgan fingerprint density at radius 2 is 2.10 bits per heavy atom. The lowest BCUT2D eigenvalue weighted by Gasteiger charge is -2.23. The van der Waals surface area contributed by atoms with E-state index in [1.165, 1.54) is 19.3 Å². The van der Waals surface area contributed by atoms with Crippen LogP contribution in [0.1, 0.15) is 38.1 Å². The third-order valence-electron chi connectivity index (χ3n) is 4.05. The first-order valence-corrected chi connectivity index (χ1v) is 7.24. The van der Waals surface area contributed by atoms with Gasteiger partial charge in [-0.2, -0.15) is 5.10 Å². The number of benzene rings is 1. The van der Waals surface area contributed by atoms with Gasteiger partial charge in [0, 0.05) is 24.3 Å². The van der Waals surface area contributed by atoms with Crippen LogP contribution in [-0.2, 0) is 0 Å². The van der Waals surface area contributed by atoms with Crippen LogP contribution in [-0.4, -0.2) is 21.8 Å². The van der Waals surface area contributed by atoms with Crippen LogP contribution in [0.2, 0.25) is 0 Å². The summed E-state index contributed by atoms with van der Waals surface area (Å²) in [6.45, 7) is 0. The largest absolute Gasteiger partial charge is 0.388 e. The highest BCUT2D eigenvalue weighted by atomic mass is 16.1. The maximum Gasteiger partial charge on any atom is 0.343 e. The van der Waals surface area contributed by atoms with Crippen molar-refractivity contribution >= 4 is 5.69 Å². The minimum atomic E-state index is -0.0956. The molecule has 1 aromatic heterocycles. The number of aromatic nitrogens is 3. The number of rotatable bonds is 3. The summed E-state index contributed by atoms with van der Waals surface area (Å²) in [5.74, 6) is 0.749. The van der Waals surface area contributed by atoms with Crippen molar-refractivity contribution in [1.29, 1.82) is 0 Å². The molecule has 1 aromatic carbocycles. The predicted octanol–water partition coefficient (Wildman–Crippen LogP) is 2.79. The van der Waals surface area contributed by atoms with E-state index in [0.717, 1.165) is 29.9 Å². The van der Waals surface area contributed by atoms with Gasteiger partial charge in [0.05, 0.1) is 0 Å². The Morgan fingerprint density at radius 3 is 2.85 bits per heavy atom. The molecule has 0 radical (unpaired) electrons. The molecule has 5 heteroatoms. The molecular formula is C15H20N4O. The van der Waals surface area contributed by atoms with Crippen LogP contribution in [0.15, 0.2) is 29.1 Å². The second-order valence-corrected chi connectivity index (χ2v) is 5.35. The van der Waals surface area contributed by atoms with Gasteiger partial charge in [-0.15, -0.1) is 0 Å². The molecule has 0 aliphatic heterocycles. The molecule has 0 unspecified atom stereocenters. The lowest BCUT2D eigenvalue weighted by Crippen LogP contribution is -2.24. The van der Waals surface area contributed by atoms with Crippen molar-refractivity contribution in [2.24, 2.45) is 0 Å². The van der Waals surface area contributed by atoms with E-state index in [4.69, 9.17) is 0 Å². The average Bonchev–Trinajstić information content (AvgIpc) is 2.90. The first-order chi connectivity index (χ1) is 9.79. The number of anilines is 1. The SMILES string of the molecule is CNc1cccc(-c2n[nH]c(=O)n2C2CCCCC2)c1. The van der Waals surface area contributed by atoms with Gasteiger partial charge in [0.25, 0.3) is 0 Å². The summed E-state index contributed by atoms with van der Waals surface area (Å²) in [6, 6.07) is 8.28. The first kappa shape index (κ1) is 13.0. The monoisotopic (exact) mass is 272 g/mol. The quantitative estimate of drug-likeness (QED) is 0.903. The zero-order chi connectivity index (χ0) is 13.9. The molecule has 2 N–H and O–H groups in total. The third kappa shape index (κ3) is 2.35. The highest BCUT2D eigenvalue weighted by molar-refractivity contribution is 5.62. The summed E-state index contributed by atoms with van der Waals surface area (Å²) >= 11 is 0. The Bertz CT molecular complexity index is 637. The van der Waals surface area contributed by atoms with Gasteiger partial charge in [0.15, 0.2) is 5.82 Å². The van der Waals surface area contributed by atoms with E-state index >= 15 is 0 Å². The fourth-order valence-electron chi connectivity index (χ4n) is 3.00. The standard InChI is InChI=1S/C15H20N4O/c1-16-12-7-5-6-11(10-12)14-17-18-15(20)19(14)13-8-3-2-4-9-13/h5-7,10,13,16H,2-4,8-9H2,1H3,(H,18,20). The first-order valence-electron chi connectivity index (χ1n) is 7.24. The molecule has 0 atom stereocenters. The number of nitrogens with zero attached hydrogens (tertiary/aromatic N) is 2. The lowest BCUT2D eigenvalue weighted by atomic mass is 9.95. The number of hydrogen-bond donors (Lipinski definition) is 2. The lowest BCUT2D eigenvalue weighted by molar-refractivity contribution is 0.349. The Labute approximate surface area is 118 Å². The van der Waals surface area contributed by atoms with E-state index in [2.05, 4.69) is 15.5 Å². The molecule has 1 saturated carbocycles. The zero-order valence-corrected chi connectivity index (χ0v) is 11.7. The molecule has 0 spiro atoms. The van der Waals surface area contributed by atoms with Crippen LogP contribution in [0.25, 0.3) is 11.4 Å². The average molecular weight is 272 g/mol. The van der Waals surface area contributed by atoms with Gasteiger partial charge in [0.2, 0.25) is 0 Å². The van der Waals surface area contributed by atoms with Crippen LogP contribution < -0.4 is 11.0 Å². The van der Waals surface area contributed by atoms with Gasteiger partial charge in [-0.05, 0) is 25.0 Å². The van der Waals surface area contributed by atoms with Crippen LogP contribution in [0.5, 0.6) is 0 Å². The fraction of sp³-hybridized carbons (Fsp3) is 0.467. The second kappa shape index (κ2) is 5.53. The normalized spacial score (nSPS) is 16.2. The second-order valence-electron chi connectivity index (χ2n) is 5.35. The predicted molar refractivity (Wildman–Crippen MR) is 80.0 cm³/mol. The summed E-state index contributed by atoms with van der Waals surface area (Å²) in [7, 11) is 1.89. The van der Waals surface area contributed by atoms with E-state index in [0.29, 0.717) is 0 Å². The molecule has 0 saturated heterocycles. The molecule has 1 heterocycles. The Morgan fingerprint density at radius 1 is 1.30 bits per heavy atom. The van der Waals surface area contributed by atoms with Crippen LogP contribution in [0.4, 0.5) is 5.69 Å². The minimum Gasteiger partial charge on any atom is -0.388 e. The Kier molecular flexibility index (Phi) is 3.58. The number of aromatic amines is 1. The molecule has 106 valence electrons. The summed E-state index contributed by atoms with van der Waals surface area (Å²) in [6.07, 6.45) is 5.79. The van der Waals surface area contributed by atoms with Crippen molar-refractivity contribution in [1.82, 2.24) is 14.8 Å². The number of nitrogens with one attached hydrogen (secondary N) is 2. The molecular weight excluding hydrogens is 252 g/mol. The van der Waals surface area contributed by atoms with E-state index in [1.54, 1.807) is 0 Å². The van der Waals surface area contributed by atoms with Crippen molar-refractivity contribution < 1.29 is 0 Å². The highest BCUT2D eigenvalue weighted by Crippen LogP contribution is 2.30. The van der Waals surface area contributed by atoms with Crippen molar-refractivity contribution in [2.45, 2.75) is 38.1 Å². The van der Waals surface area contributed by atoms with Crippen LogP contribution >= 0.6 is 0 Å². The van der Waals surface area contributed by atoms with E-state index in [9.17, 15) is 4.79 Å². The Hall–Kier alpha value is -2.04. The van der Waals surface area contributed by atoms with Gasteiger partial charge in [-0.1, -0.05) is 31.4 Å². The molecule has 20 heavy (non-hydrogen) atoms. The Balaban J connectivity index is 2.03. The van der Waals surface area contributed by atoms with Crippen LogP contribution in [0.3, 0.4) is 0 Å².